The van der Waals surface area contributed by atoms with Crippen LogP contribution >= 0.6 is 0 Å². The van der Waals surface area contributed by atoms with Crippen LogP contribution in [0.25, 0.3) is 0 Å². The summed E-state index contributed by atoms with van der Waals surface area (Å²) in [5.74, 6) is -27.8. The van der Waals surface area contributed by atoms with Crippen LogP contribution in [0.3, 0.4) is 0 Å². The highest BCUT2D eigenvalue weighted by Gasteiger charge is 2.87. The number of aryl methyl sites for hydroxylation is 1. The van der Waals surface area contributed by atoms with E-state index in [1.54, 1.807) is 6.07 Å². The zero-order valence-electron chi connectivity index (χ0n) is 15.8. The van der Waals surface area contributed by atoms with Gasteiger partial charge in [-0.25, -0.2) is 0 Å². The Balaban J connectivity index is 3.26. The molecule has 1 rings (SSSR count). The van der Waals surface area contributed by atoms with Crippen LogP contribution in [0.5, 0.6) is 0 Å². The van der Waals surface area contributed by atoms with Gasteiger partial charge in [0.25, 0.3) is 0 Å². The minimum Gasteiger partial charge on any atom is -0.377 e. The molecule has 30 heavy (non-hydrogen) atoms. The second-order valence-corrected chi connectivity index (χ2v) is 6.70. The topological polar surface area (TPSA) is 9.23 Å². The molecule has 0 heterocycles. The maximum Gasteiger partial charge on any atom is 0.460 e. The fourth-order valence-electron chi connectivity index (χ4n) is 2.63. The Morgan fingerprint density at radius 3 is 1.87 bits per heavy atom. The third-order valence-corrected chi connectivity index (χ3v) is 4.47. The van der Waals surface area contributed by atoms with Crippen molar-refractivity contribution < 1.29 is 53.0 Å². The third-order valence-electron chi connectivity index (χ3n) is 4.47. The SMILES string of the molecule is CCCCc1cccc(C(CC(F)(F)C(F)(F)C(F)(F)C(F)(F)C(F)(F)F)OC)c1. The molecule has 1 aromatic rings. The van der Waals surface area contributed by atoms with Crippen LogP contribution in [0.4, 0.5) is 48.3 Å². The van der Waals surface area contributed by atoms with Crippen molar-refractivity contribution in [3.05, 3.63) is 35.4 Å². The zero-order chi connectivity index (χ0) is 23.6. The summed E-state index contributed by atoms with van der Waals surface area (Å²) in [6, 6.07) is 5.37. The monoisotopic (exact) mass is 460 g/mol. The molecule has 1 nitrogen and oxygen atoms in total. The van der Waals surface area contributed by atoms with Crippen molar-refractivity contribution in [1.82, 2.24) is 0 Å². The van der Waals surface area contributed by atoms with E-state index in [9.17, 15) is 48.3 Å². The molecule has 12 heteroatoms. The Morgan fingerprint density at radius 1 is 0.833 bits per heavy atom. The van der Waals surface area contributed by atoms with Crippen molar-refractivity contribution in [1.29, 1.82) is 0 Å². The predicted molar refractivity (Wildman–Crippen MR) is 85.3 cm³/mol. The van der Waals surface area contributed by atoms with E-state index in [1.165, 1.54) is 12.1 Å². The molecule has 0 radical (unpaired) electrons. The van der Waals surface area contributed by atoms with Gasteiger partial charge in [0.2, 0.25) is 0 Å². The Kier molecular flexibility index (Phi) is 7.82. The molecular formula is C18H19F11O. The number of rotatable bonds is 10. The molecular weight excluding hydrogens is 441 g/mol. The maximum atomic E-state index is 14.0. The molecule has 1 unspecified atom stereocenters. The number of alkyl halides is 11. The number of hydrogen-bond acceptors (Lipinski definition) is 1. The highest BCUT2D eigenvalue weighted by Crippen LogP contribution is 2.58. The number of halogens is 11. The third kappa shape index (κ3) is 4.83. The Labute approximate surface area is 165 Å². The minimum atomic E-state index is -7.41. The molecule has 0 N–H and O–H groups in total. The molecule has 0 saturated heterocycles. The summed E-state index contributed by atoms with van der Waals surface area (Å²) in [5, 5.41) is 0. The number of ether oxygens (including phenoxy) is 1. The first-order chi connectivity index (χ1) is 13.5. The quantitative estimate of drug-likeness (QED) is 0.335. The van der Waals surface area contributed by atoms with Crippen LogP contribution in [0.15, 0.2) is 24.3 Å². The van der Waals surface area contributed by atoms with Gasteiger partial charge in [-0.05, 0) is 24.0 Å². The van der Waals surface area contributed by atoms with Crippen LogP contribution in [0.2, 0.25) is 0 Å². The average Bonchev–Trinajstić information content (AvgIpc) is 2.63. The highest BCUT2D eigenvalue weighted by atomic mass is 19.4. The number of benzene rings is 1. The van der Waals surface area contributed by atoms with Crippen molar-refractivity contribution in [3.63, 3.8) is 0 Å². The van der Waals surface area contributed by atoms with Gasteiger partial charge >= 0.3 is 29.9 Å². The largest absolute Gasteiger partial charge is 0.460 e. The fourth-order valence-corrected chi connectivity index (χ4v) is 2.63. The molecule has 1 aromatic carbocycles. The average molecular weight is 460 g/mol. The number of unbranched alkanes of at least 4 members (excludes halogenated alkanes) is 1. The van der Waals surface area contributed by atoms with E-state index in [0.29, 0.717) is 18.4 Å². The molecule has 0 amide bonds. The highest BCUT2D eigenvalue weighted by molar-refractivity contribution is 5.26. The second kappa shape index (κ2) is 8.88. The van der Waals surface area contributed by atoms with Crippen LogP contribution in [0, 0.1) is 0 Å². The van der Waals surface area contributed by atoms with E-state index in [0.717, 1.165) is 19.6 Å². The first kappa shape index (κ1) is 26.4. The lowest BCUT2D eigenvalue weighted by molar-refractivity contribution is -0.423. The van der Waals surface area contributed by atoms with Gasteiger partial charge in [-0.15, -0.1) is 0 Å². The van der Waals surface area contributed by atoms with E-state index in [-0.39, 0.29) is 5.56 Å². The lowest BCUT2D eigenvalue weighted by atomic mass is 9.91. The van der Waals surface area contributed by atoms with Gasteiger partial charge in [-0.1, -0.05) is 37.6 Å². The van der Waals surface area contributed by atoms with Gasteiger partial charge in [0.1, 0.15) is 0 Å². The Morgan fingerprint density at radius 2 is 1.40 bits per heavy atom. The molecule has 174 valence electrons. The van der Waals surface area contributed by atoms with Gasteiger partial charge in [-0.2, -0.15) is 48.3 Å². The van der Waals surface area contributed by atoms with E-state index in [2.05, 4.69) is 4.74 Å². The van der Waals surface area contributed by atoms with Gasteiger partial charge in [0.15, 0.2) is 0 Å². The summed E-state index contributed by atoms with van der Waals surface area (Å²) in [5.41, 5.74) is 0.438. The summed E-state index contributed by atoms with van der Waals surface area (Å²) in [6.07, 6.45) is -9.47. The van der Waals surface area contributed by atoms with E-state index in [4.69, 9.17) is 0 Å². The molecule has 0 bridgehead atoms. The van der Waals surface area contributed by atoms with Crippen LogP contribution in [0.1, 0.15) is 43.4 Å². The lowest BCUT2D eigenvalue weighted by Crippen LogP contribution is -2.66. The molecule has 0 aliphatic heterocycles. The maximum absolute atomic E-state index is 14.0. The summed E-state index contributed by atoms with van der Waals surface area (Å²) in [6.45, 7) is 1.86. The van der Waals surface area contributed by atoms with Gasteiger partial charge in [0, 0.05) is 13.5 Å². The van der Waals surface area contributed by atoms with Crippen molar-refractivity contribution in [2.24, 2.45) is 0 Å². The molecule has 0 saturated carbocycles. The van der Waals surface area contributed by atoms with Crippen molar-refractivity contribution >= 4 is 0 Å². The first-order valence-corrected chi connectivity index (χ1v) is 8.66. The van der Waals surface area contributed by atoms with Crippen LogP contribution < -0.4 is 0 Å². The molecule has 0 fully saturated rings. The minimum absolute atomic E-state index is 0.146. The standard InChI is InChI=1S/C18H19F11O/c1-3-4-6-11-7-5-8-12(9-11)13(30-2)10-14(19,20)15(21,22)16(23,24)17(25,26)18(27,28)29/h5,7-9,13H,3-4,6,10H2,1-2H3. The van der Waals surface area contributed by atoms with Gasteiger partial charge in [-0.3, -0.25) is 0 Å². The molecule has 1 atom stereocenters. The van der Waals surface area contributed by atoms with Crippen molar-refractivity contribution in [2.45, 2.75) is 68.6 Å². The van der Waals surface area contributed by atoms with Gasteiger partial charge in [0.05, 0.1) is 6.10 Å². The molecule has 0 spiro atoms. The molecule has 0 aliphatic carbocycles. The smallest absolute Gasteiger partial charge is 0.377 e. The first-order valence-electron chi connectivity index (χ1n) is 8.66. The van der Waals surface area contributed by atoms with E-state index < -0.39 is 42.4 Å². The molecule has 0 aliphatic rings. The van der Waals surface area contributed by atoms with Crippen molar-refractivity contribution in [3.8, 4) is 0 Å². The Hall–Kier alpha value is -1.59. The summed E-state index contributed by atoms with van der Waals surface area (Å²) in [4.78, 5) is 0. The Bertz CT molecular complexity index is 698. The second-order valence-electron chi connectivity index (χ2n) is 6.70. The van der Waals surface area contributed by atoms with E-state index in [1.807, 2.05) is 6.92 Å². The fraction of sp³-hybridized carbons (Fsp3) is 0.667. The summed E-state index contributed by atoms with van der Waals surface area (Å²) >= 11 is 0. The van der Waals surface area contributed by atoms with Crippen LogP contribution in [-0.4, -0.2) is 37.0 Å². The number of hydrogen-bond donors (Lipinski definition) is 0. The summed E-state index contributed by atoms with van der Waals surface area (Å²) in [7, 11) is 0.778. The van der Waals surface area contributed by atoms with E-state index >= 15 is 0 Å². The normalized spacial score (nSPS) is 15.4. The number of methoxy groups -OCH3 is 1. The van der Waals surface area contributed by atoms with Gasteiger partial charge < -0.3 is 4.74 Å². The lowest BCUT2D eigenvalue weighted by Gasteiger charge is -2.38. The van der Waals surface area contributed by atoms with Crippen molar-refractivity contribution in [2.75, 3.05) is 7.11 Å². The van der Waals surface area contributed by atoms with Crippen LogP contribution in [-0.2, 0) is 11.2 Å². The molecule has 0 aromatic heterocycles. The summed E-state index contributed by atoms with van der Waals surface area (Å²) < 4.78 is 149. The predicted octanol–water partition coefficient (Wildman–Crippen LogP) is 7.21. The zero-order valence-corrected chi connectivity index (χ0v) is 15.8.